The van der Waals surface area contributed by atoms with E-state index in [1.54, 1.807) is 11.8 Å². The minimum absolute atomic E-state index is 0.234. The lowest BCUT2D eigenvalue weighted by atomic mass is 10.3. The predicted molar refractivity (Wildman–Crippen MR) is 82.3 cm³/mol. The van der Waals surface area contributed by atoms with Crippen LogP contribution in [-0.2, 0) is 11.3 Å². The number of benzene rings is 1. The zero-order valence-electron chi connectivity index (χ0n) is 12.6. The molecule has 0 unspecified atom stereocenters. The fraction of sp³-hybridized carbons (Fsp3) is 0.267. The van der Waals surface area contributed by atoms with Crippen molar-refractivity contribution in [1.29, 1.82) is 0 Å². The maximum atomic E-state index is 11.9. The molecule has 0 spiro atoms. The maximum absolute atomic E-state index is 11.9. The minimum Gasteiger partial charge on any atom is -0.497 e. The number of carbonyl (C=O) groups excluding carboxylic acids is 2. The van der Waals surface area contributed by atoms with Crippen LogP contribution in [0.4, 0.5) is 4.79 Å². The van der Waals surface area contributed by atoms with E-state index in [0.29, 0.717) is 13.1 Å². The third-order valence-corrected chi connectivity index (χ3v) is 3.51. The van der Waals surface area contributed by atoms with E-state index in [0.717, 1.165) is 17.1 Å². The van der Waals surface area contributed by atoms with E-state index in [2.05, 4.69) is 21.0 Å². The Bertz CT molecular complexity index is 710. The Labute approximate surface area is 132 Å². The van der Waals surface area contributed by atoms with Gasteiger partial charge < -0.3 is 20.7 Å². The van der Waals surface area contributed by atoms with Gasteiger partial charge in [0.25, 0.3) is 0 Å². The van der Waals surface area contributed by atoms with Crippen LogP contribution in [-0.4, -0.2) is 41.4 Å². The van der Waals surface area contributed by atoms with Crippen molar-refractivity contribution >= 4 is 11.9 Å². The Kier molecular flexibility index (Phi) is 4.13. The zero-order chi connectivity index (χ0) is 16.2. The lowest BCUT2D eigenvalue weighted by molar-refractivity contribution is -0.122. The summed E-state index contributed by atoms with van der Waals surface area (Å²) in [5, 5.41) is 12.2. The van der Waals surface area contributed by atoms with Crippen LogP contribution in [0.3, 0.4) is 0 Å². The van der Waals surface area contributed by atoms with Crippen molar-refractivity contribution in [3.8, 4) is 11.4 Å². The first kappa shape index (κ1) is 14.9. The van der Waals surface area contributed by atoms with Crippen LogP contribution in [0.1, 0.15) is 5.69 Å². The minimum atomic E-state index is -0.536. The van der Waals surface area contributed by atoms with Crippen molar-refractivity contribution in [2.75, 3.05) is 13.7 Å². The first-order valence-electron chi connectivity index (χ1n) is 7.17. The molecule has 2 heterocycles. The van der Waals surface area contributed by atoms with Gasteiger partial charge in [0.2, 0.25) is 5.91 Å². The molecule has 3 amide bonds. The van der Waals surface area contributed by atoms with Gasteiger partial charge >= 0.3 is 6.03 Å². The number of hydrogen-bond acceptors (Lipinski definition) is 4. The number of nitrogens with zero attached hydrogens (tertiary/aromatic N) is 2. The van der Waals surface area contributed by atoms with Gasteiger partial charge in [0.05, 0.1) is 25.0 Å². The van der Waals surface area contributed by atoms with Crippen molar-refractivity contribution in [2.45, 2.75) is 12.6 Å². The molecule has 1 fully saturated rings. The number of carbonyl (C=O) groups is 2. The largest absolute Gasteiger partial charge is 0.497 e. The zero-order valence-corrected chi connectivity index (χ0v) is 12.6. The number of hydrogen-bond donors (Lipinski definition) is 3. The monoisotopic (exact) mass is 315 g/mol. The highest BCUT2D eigenvalue weighted by atomic mass is 16.5. The standard InChI is InChI=1S/C15H17N5O3/c1-23-12-4-2-11(3-5-12)20-7-6-10(19-20)8-16-14(21)13-9-17-15(22)18-13/h2-7,13H,8-9H2,1H3,(H,16,21)(H2,17,18,22)/t13-/m1/s1. The lowest BCUT2D eigenvalue weighted by Gasteiger charge is -2.08. The van der Waals surface area contributed by atoms with Crippen LogP contribution in [0.25, 0.3) is 5.69 Å². The summed E-state index contributed by atoms with van der Waals surface area (Å²) in [7, 11) is 1.62. The Hall–Kier alpha value is -3.03. The summed E-state index contributed by atoms with van der Waals surface area (Å²) in [6.07, 6.45) is 1.82. The molecule has 23 heavy (non-hydrogen) atoms. The van der Waals surface area contributed by atoms with Crippen molar-refractivity contribution in [3.63, 3.8) is 0 Å². The second kappa shape index (κ2) is 6.39. The van der Waals surface area contributed by atoms with Crippen LogP contribution in [0.2, 0.25) is 0 Å². The average molecular weight is 315 g/mol. The summed E-state index contributed by atoms with van der Waals surface area (Å²) in [4.78, 5) is 22.9. The average Bonchev–Trinajstić information content (AvgIpc) is 3.22. The van der Waals surface area contributed by atoms with Crippen molar-refractivity contribution in [2.24, 2.45) is 0 Å². The number of amides is 3. The summed E-state index contributed by atoms with van der Waals surface area (Å²) in [5.41, 5.74) is 1.63. The fourth-order valence-electron chi connectivity index (χ4n) is 2.25. The summed E-state index contributed by atoms with van der Waals surface area (Å²) in [6.45, 7) is 0.597. The van der Waals surface area contributed by atoms with Gasteiger partial charge in [0, 0.05) is 12.7 Å². The lowest BCUT2D eigenvalue weighted by Crippen LogP contribution is -2.42. The van der Waals surface area contributed by atoms with Crippen LogP contribution in [0, 0.1) is 0 Å². The quantitative estimate of drug-likeness (QED) is 0.733. The summed E-state index contributed by atoms with van der Waals surface area (Å²) < 4.78 is 6.84. The van der Waals surface area contributed by atoms with Gasteiger partial charge in [-0.25, -0.2) is 9.48 Å². The topological polar surface area (TPSA) is 97.3 Å². The Morgan fingerprint density at radius 1 is 1.39 bits per heavy atom. The number of nitrogens with one attached hydrogen (secondary N) is 3. The molecule has 0 saturated carbocycles. The maximum Gasteiger partial charge on any atom is 0.315 e. The van der Waals surface area contributed by atoms with Gasteiger partial charge in [0.15, 0.2) is 0 Å². The van der Waals surface area contributed by atoms with Gasteiger partial charge in [-0.2, -0.15) is 5.10 Å². The highest BCUT2D eigenvalue weighted by Crippen LogP contribution is 2.14. The highest BCUT2D eigenvalue weighted by molar-refractivity contribution is 5.90. The molecule has 1 saturated heterocycles. The number of aromatic nitrogens is 2. The van der Waals surface area contributed by atoms with E-state index >= 15 is 0 Å². The first-order chi connectivity index (χ1) is 11.2. The van der Waals surface area contributed by atoms with Crippen molar-refractivity contribution < 1.29 is 14.3 Å². The molecular formula is C15H17N5O3. The van der Waals surface area contributed by atoms with Crippen LogP contribution in [0.5, 0.6) is 5.75 Å². The molecule has 1 aliphatic heterocycles. The SMILES string of the molecule is COc1ccc(-n2ccc(CNC(=O)[C@H]3CNC(=O)N3)n2)cc1. The molecule has 1 aliphatic rings. The molecule has 1 aromatic heterocycles. The van der Waals surface area contributed by atoms with Gasteiger partial charge in [-0.1, -0.05) is 0 Å². The molecule has 2 aromatic rings. The molecule has 120 valence electrons. The number of urea groups is 1. The third-order valence-electron chi connectivity index (χ3n) is 3.51. The highest BCUT2D eigenvalue weighted by Gasteiger charge is 2.26. The molecule has 3 N–H and O–H groups in total. The smallest absolute Gasteiger partial charge is 0.315 e. The van der Waals surface area contributed by atoms with Crippen molar-refractivity contribution in [1.82, 2.24) is 25.7 Å². The third kappa shape index (κ3) is 3.42. The normalized spacial score (nSPS) is 16.6. The van der Waals surface area contributed by atoms with Gasteiger partial charge in [0.1, 0.15) is 11.8 Å². The second-order valence-corrected chi connectivity index (χ2v) is 5.07. The van der Waals surface area contributed by atoms with E-state index in [4.69, 9.17) is 4.74 Å². The number of ether oxygens (including phenoxy) is 1. The molecule has 1 aromatic carbocycles. The molecule has 0 aliphatic carbocycles. The Balaban J connectivity index is 1.58. The Morgan fingerprint density at radius 3 is 2.83 bits per heavy atom. The summed E-state index contributed by atoms with van der Waals surface area (Å²) in [5.74, 6) is 0.544. The molecule has 0 radical (unpaired) electrons. The van der Waals surface area contributed by atoms with Crippen LogP contribution in [0.15, 0.2) is 36.5 Å². The van der Waals surface area contributed by atoms with Crippen LogP contribution < -0.4 is 20.7 Å². The molecule has 3 rings (SSSR count). The molecule has 8 heteroatoms. The summed E-state index contributed by atoms with van der Waals surface area (Å²) in [6, 6.07) is 8.47. The molecular weight excluding hydrogens is 298 g/mol. The Morgan fingerprint density at radius 2 is 2.17 bits per heavy atom. The predicted octanol–water partition coefficient (Wildman–Crippen LogP) is 0.179. The van der Waals surface area contributed by atoms with Crippen molar-refractivity contribution in [3.05, 3.63) is 42.2 Å². The fourth-order valence-corrected chi connectivity index (χ4v) is 2.25. The molecule has 0 bridgehead atoms. The number of rotatable bonds is 5. The van der Waals surface area contributed by atoms with Gasteiger partial charge in [-0.15, -0.1) is 0 Å². The van der Waals surface area contributed by atoms with E-state index in [9.17, 15) is 9.59 Å². The van der Waals surface area contributed by atoms with Gasteiger partial charge in [-0.3, -0.25) is 4.79 Å². The van der Waals surface area contributed by atoms with E-state index in [1.807, 2.05) is 36.5 Å². The van der Waals surface area contributed by atoms with E-state index < -0.39 is 6.04 Å². The van der Waals surface area contributed by atoms with Crippen LogP contribution >= 0.6 is 0 Å². The van der Waals surface area contributed by atoms with E-state index in [-0.39, 0.29) is 11.9 Å². The van der Waals surface area contributed by atoms with Gasteiger partial charge in [-0.05, 0) is 30.3 Å². The van der Waals surface area contributed by atoms with E-state index in [1.165, 1.54) is 0 Å². The molecule has 1 atom stereocenters. The number of methoxy groups -OCH3 is 1. The molecule has 8 nitrogen and oxygen atoms in total. The second-order valence-electron chi connectivity index (χ2n) is 5.07. The summed E-state index contributed by atoms with van der Waals surface area (Å²) >= 11 is 0. The first-order valence-corrected chi connectivity index (χ1v) is 7.17.